The summed E-state index contributed by atoms with van der Waals surface area (Å²) in [5.74, 6) is -1.13. The quantitative estimate of drug-likeness (QED) is 0.874. The number of hydrogen-bond acceptors (Lipinski definition) is 3. The van der Waals surface area contributed by atoms with E-state index in [1.807, 2.05) is 24.3 Å². The summed E-state index contributed by atoms with van der Waals surface area (Å²) in [6.45, 7) is -0.220. The van der Waals surface area contributed by atoms with Crippen LogP contribution in [0.1, 0.15) is 35.6 Å². The van der Waals surface area contributed by atoms with Crippen LogP contribution in [0.2, 0.25) is 0 Å². The lowest BCUT2D eigenvalue weighted by molar-refractivity contribution is -0.141. The van der Waals surface area contributed by atoms with Crippen molar-refractivity contribution < 1.29 is 19.1 Å². The van der Waals surface area contributed by atoms with Crippen LogP contribution in [-0.4, -0.2) is 28.4 Å². The van der Waals surface area contributed by atoms with E-state index in [1.165, 1.54) is 18.2 Å². The van der Waals surface area contributed by atoms with Gasteiger partial charge >= 0.3 is 0 Å². The number of carbonyl (C=O) groups is 2. The molecule has 2 aliphatic rings. The molecule has 1 aliphatic carbocycles. The molecule has 0 bridgehead atoms. The third-order valence-corrected chi connectivity index (χ3v) is 5.38. The van der Waals surface area contributed by atoms with Gasteiger partial charge in [-0.2, -0.15) is 0 Å². The standard InChI is InChI=1S/C20H18FNO3/c21-16-8-4-2-6-14(16)17(23)12-22-18(24)11-20(19(22)25)10-9-13-5-1-3-7-15(13)20/h1-8,17,23H,9-12H2/t17-,20-/m0/s1. The Bertz CT molecular complexity index is 866. The Balaban J connectivity index is 1.62. The molecule has 4 rings (SSSR count). The maximum Gasteiger partial charge on any atom is 0.240 e. The molecule has 128 valence electrons. The molecule has 1 N–H and O–H groups in total. The number of aryl methyl sites for hydroxylation is 1. The lowest BCUT2D eigenvalue weighted by atomic mass is 9.80. The van der Waals surface area contributed by atoms with Crippen LogP contribution in [0.4, 0.5) is 4.39 Å². The fourth-order valence-corrected chi connectivity index (χ4v) is 4.10. The molecule has 0 unspecified atom stereocenters. The monoisotopic (exact) mass is 339 g/mol. The van der Waals surface area contributed by atoms with Crippen molar-refractivity contribution in [1.82, 2.24) is 4.90 Å². The Morgan fingerprint density at radius 2 is 1.84 bits per heavy atom. The molecule has 2 atom stereocenters. The van der Waals surface area contributed by atoms with Gasteiger partial charge in [-0.25, -0.2) is 4.39 Å². The van der Waals surface area contributed by atoms with Gasteiger partial charge in [0.1, 0.15) is 5.82 Å². The number of hydrogen-bond donors (Lipinski definition) is 1. The minimum atomic E-state index is -1.24. The van der Waals surface area contributed by atoms with E-state index >= 15 is 0 Å². The molecule has 5 heteroatoms. The van der Waals surface area contributed by atoms with Crippen LogP contribution in [0.5, 0.6) is 0 Å². The van der Waals surface area contributed by atoms with Crippen molar-refractivity contribution in [2.75, 3.05) is 6.54 Å². The Morgan fingerprint density at radius 3 is 2.64 bits per heavy atom. The maximum absolute atomic E-state index is 13.9. The van der Waals surface area contributed by atoms with Gasteiger partial charge in [0.2, 0.25) is 11.8 Å². The van der Waals surface area contributed by atoms with Crippen LogP contribution >= 0.6 is 0 Å². The number of likely N-dealkylation sites (tertiary alicyclic amines) is 1. The van der Waals surface area contributed by atoms with Crippen molar-refractivity contribution in [3.63, 3.8) is 0 Å². The normalized spacial score (nSPS) is 23.4. The molecule has 2 aromatic carbocycles. The Morgan fingerprint density at radius 1 is 1.12 bits per heavy atom. The third kappa shape index (κ3) is 2.38. The molecule has 1 fully saturated rings. The molecule has 1 aliphatic heterocycles. The number of β-amino-alcohol motifs (C(OH)–C–C–N with tert-alkyl or cyclic N) is 1. The number of amides is 2. The van der Waals surface area contributed by atoms with Crippen molar-refractivity contribution in [3.8, 4) is 0 Å². The molecule has 1 saturated heterocycles. The minimum absolute atomic E-state index is 0.0934. The second kappa shape index (κ2) is 5.77. The molecular weight excluding hydrogens is 321 g/mol. The summed E-state index contributed by atoms with van der Waals surface area (Å²) in [4.78, 5) is 26.7. The number of imide groups is 1. The largest absolute Gasteiger partial charge is 0.386 e. The van der Waals surface area contributed by atoms with Crippen LogP contribution in [0.25, 0.3) is 0 Å². The van der Waals surface area contributed by atoms with E-state index in [9.17, 15) is 19.1 Å². The zero-order chi connectivity index (χ0) is 17.6. The van der Waals surface area contributed by atoms with Gasteiger partial charge in [0.15, 0.2) is 0 Å². The second-order valence-electron chi connectivity index (χ2n) is 6.76. The molecule has 2 aromatic rings. The predicted octanol–water partition coefficient (Wildman–Crippen LogP) is 2.50. The lowest BCUT2D eigenvalue weighted by Crippen LogP contribution is -2.39. The number of aliphatic hydroxyl groups is 1. The summed E-state index contributed by atoms with van der Waals surface area (Å²) in [6, 6.07) is 13.6. The zero-order valence-electron chi connectivity index (χ0n) is 13.6. The number of carbonyl (C=O) groups excluding carboxylic acids is 2. The lowest BCUT2D eigenvalue weighted by Gasteiger charge is -2.24. The summed E-state index contributed by atoms with van der Waals surface area (Å²) >= 11 is 0. The number of rotatable bonds is 3. The molecule has 1 heterocycles. The number of aliphatic hydroxyl groups excluding tert-OH is 1. The van der Waals surface area contributed by atoms with E-state index in [0.29, 0.717) is 6.42 Å². The molecule has 0 radical (unpaired) electrons. The van der Waals surface area contributed by atoms with Crippen LogP contribution in [-0.2, 0) is 21.4 Å². The molecule has 4 nitrogen and oxygen atoms in total. The summed E-state index contributed by atoms with van der Waals surface area (Å²) in [7, 11) is 0. The predicted molar refractivity (Wildman–Crippen MR) is 89.1 cm³/mol. The third-order valence-electron chi connectivity index (χ3n) is 5.38. The first-order valence-corrected chi connectivity index (χ1v) is 8.38. The van der Waals surface area contributed by atoms with Crippen molar-refractivity contribution in [2.45, 2.75) is 30.8 Å². The summed E-state index contributed by atoms with van der Waals surface area (Å²) in [5.41, 5.74) is 1.29. The van der Waals surface area contributed by atoms with Crippen molar-refractivity contribution in [3.05, 3.63) is 71.0 Å². The van der Waals surface area contributed by atoms with Gasteiger partial charge in [0.05, 0.1) is 18.1 Å². The topological polar surface area (TPSA) is 57.6 Å². The minimum Gasteiger partial charge on any atom is -0.386 e. The van der Waals surface area contributed by atoms with Crippen LogP contribution in [0.3, 0.4) is 0 Å². The number of benzene rings is 2. The molecule has 0 aromatic heterocycles. The van der Waals surface area contributed by atoms with Crippen LogP contribution < -0.4 is 0 Å². The highest BCUT2D eigenvalue weighted by molar-refractivity contribution is 6.09. The summed E-state index contributed by atoms with van der Waals surface area (Å²) < 4.78 is 13.9. The van der Waals surface area contributed by atoms with E-state index in [1.54, 1.807) is 6.07 Å². The number of nitrogens with zero attached hydrogens (tertiary/aromatic N) is 1. The van der Waals surface area contributed by atoms with Gasteiger partial charge in [-0.1, -0.05) is 42.5 Å². The maximum atomic E-state index is 13.9. The van der Waals surface area contributed by atoms with Crippen molar-refractivity contribution in [2.24, 2.45) is 0 Å². The molecule has 0 saturated carbocycles. The summed E-state index contributed by atoms with van der Waals surface area (Å²) in [6.07, 6.45) is 0.246. The fraction of sp³-hybridized carbons (Fsp3) is 0.300. The molecule has 25 heavy (non-hydrogen) atoms. The van der Waals surface area contributed by atoms with Gasteiger partial charge in [-0.3, -0.25) is 14.5 Å². The highest BCUT2D eigenvalue weighted by atomic mass is 19.1. The molecular formula is C20H18FNO3. The van der Waals surface area contributed by atoms with E-state index < -0.39 is 17.3 Å². The van der Waals surface area contributed by atoms with Gasteiger partial charge in [0, 0.05) is 12.0 Å². The van der Waals surface area contributed by atoms with E-state index in [-0.39, 0.29) is 30.3 Å². The highest BCUT2D eigenvalue weighted by Crippen LogP contribution is 2.47. The van der Waals surface area contributed by atoms with Gasteiger partial charge in [0.25, 0.3) is 0 Å². The first-order valence-electron chi connectivity index (χ1n) is 8.38. The first-order chi connectivity index (χ1) is 12.0. The highest BCUT2D eigenvalue weighted by Gasteiger charge is 2.55. The number of halogens is 1. The Kier molecular flexibility index (Phi) is 3.69. The Labute approximate surface area is 144 Å². The average Bonchev–Trinajstić information content (AvgIpc) is 3.09. The summed E-state index contributed by atoms with van der Waals surface area (Å²) in [5, 5.41) is 10.3. The van der Waals surface area contributed by atoms with Crippen molar-refractivity contribution in [1.29, 1.82) is 0 Å². The average molecular weight is 339 g/mol. The smallest absolute Gasteiger partial charge is 0.240 e. The van der Waals surface area contributed by atoms with E-state index in [0.717, 1.165) is 22.4 Å². The van der Waals surface area contributed by atoms with E-state index in [2.05, 4.69) is 0 Å². The molecule has 2 amide bonds. The van der Waals surface area contributed by atoms with Gasteiger partial charge in [-0.05, 0) is 30.0 Å². The zero-order valence-corrected chi connectivity index (χ0v) is 13.6. The number of fused-ring (bicyclic) bond motifs is 2. The van der Waals surface area contributed by atoms with Gasteiger partial charge in [-0.15, -0.1) is 0 Å². The van der Waals surface area contributed by atoms with Crippen molar-refractivity contribution >= 4 is 11.8 Å². The first kappa shape index (κ1) is 16.0. The molecule has 1 spiro atoms. The van der Waals surface area contributed by atoms with Crippen LogP contribution in [0.15, 0.2) is 48.5 Å². The van der Waals surface area contributed by atoms with Gasteiger partial charge < -0.3 is 5.11 Å². The Hall–Kier alpha value is -2.53. The van der Waals surface area contributed by atoms with Crippen LogP contribution in [0, 0.1) is 5.82 Å². The van der Waals surface area contributed by atoms with E-state index in [4.69, 9.17) is 0 Å². The second-order valence-corrected chi connectivity index (χ2v) is 6.76. The SMILES string of the molecule is O=C1C[C@]2(CCc3ccccc32)C(=O)N1C[C@H](O)c1ccccc1F. The fourth-order valence-electron chi connectivity index (χ4n) is 4.10.